The minimum atomic E-state index is -1.19. The van der Waals surface area contributed by atoms with Gasteiger partial charge in [0, 0.05) is 5.56 Å². The fourth-order valence-corrected chi connectivity index (χ4v) is 4.04. The topological polar surface area (TPSA) is 0 Å². The van der Waals surface area contributed by atoms with Crippen LogP contribution in [0.2, 0.25) is 0 Å². The molecule has 0 amide bonds. The molecular weight excluding hydrogens is 203 g/mol. The Morgan fingerprint density at radius 2 is 1.69 bits per heavy atom. The molecule has 1 fully saturated rings. The second-order valence-corrected chi connectivity index (χ2v) is 5.73. The van der Waals surface area contributed by atoms with Crippen LogP contribution in [0.3, 0.4) is 0 Å². The Morgan fingerprint density at radius 1 is 1.08 bits per heavy atom. The van der Waals surface area contributed by atoms with Gasteiger partial charge in [0.15, 0.2) is 0 Å². The van der Waals surface area contributed by atoms with Crippen LogP contribution in [-0.2, 0) is 4.33 Å². The lowest BCUT2D eigenvalue weighted by Gasteiger charge is -2.28. The Hall–Kier alpha value is -0.150. The van der Waals surface area contributed by atoms with Crippen molar-refractivity contribution in [2.75, 3.05) is 11.5 Å². The molecule has 1 aromatic rings. The summed E-state index contributed by atoms with van der Waals surface area (Å²) in [7, 11) is 0. The van der Waals surface area contributed by atoms with Crippen LogP contribution >= 0.6 is 23.5 Å². The van der Waals surface area contributed by atoms with Crippen LogP contribution in [0.15, 0.2) is 30.3 Å². The maximum absolute atomic E-state index is 14.2. The van der Waals surface area contributed by atoms with Gasteiger partial charge >= 0.3 is 0 Å². The second-order valence-electron chi connectivity index (χ2n) is 2.95. The third-order valence-electron chi connectivity index (χ3n) is 1.98. The van der Waals surface area contributed by atoms with Crippen LogP contribution in [0.4, 0.5) is 4.39 Å². The molecule has 0 radical (unpaired) electrons. The minimum absolute atomic E-state index is 0.796. The quantitative estimate of drug-likeness (QED) is 0.700. The highest BCUT2D eigenvalue weighted by Crippen LogP contribution is 2.51. The van der Waals surface area contributed by atoms with Crippen molar-refractivity contribution < 1.29 is 4.39 Å². The number of alkyl halides is 1. The molecule has 0 bridgehead atoms. The number of benzene rings is 1. The Bertz CT molecular complexity index is 268. The number of halogens is 1. The van der Waals surface area contributed by atoms with E-state index in [0.717, 1.165) is 23.5 Å². The van der Waals surface area contributed by atoms with E-state index >= 15 is 0 Å². The highest BCUT2D eigenvalue weighted by atomic mass is 32.2. The average molecular weight is 214 g/mol. The van der Waals surface area contributed by atoms with Crippen molar-refractivity contribution in [2.45, 2.75) is 10.8 Å². The average Bonchev–Trinajstić information content (AvgIpc) is 2.20. The molecular formula is C10H11FS2. The molecule has 0 aliphatic carbocycles. The van der Waals surface area contributed by atoms with Crippen molar-refractivity contribution in [3.8, 4) is 0 Å². The fourth-order valence-electron chi connectivity index (χ4n) is 1.31. The maximum Gasteiger partial charge on any atom is 0.227 e. The molecule has 13 heavy (non-hydrogen) atoms. The van der Waals surface area contributed by atoms with Gasteiger partial charge in [-0.05, 0) is 17.9 Å². The zero-order valence-corrected chi connectivity index (χ0v) is 8.84. The summed E-state index contributed by atoms with van der Waals surface area (Å²) >= 11 is 2.83. The van der Waals surface area contributed by atoms with Crippen molar-refractivity contribution in [3.05, 3.63) is 35.9 Å². The first kappa shape index (κ1) is 9.41. The second kappa shape index (κ2) is 3.93. The van der Waals surface area contributed by atoms with E-state index in [2.05, 4.69) is 0 Å². The summed E-state index contributed by atoms with van der Waals surface area (Å²) in [6, 6.07) is 9.44. The summed E-state index contributed by atoms with van der Waals surface area (Å²) in [6.45, 7) is 0. The molecule has 0 N–H and O–H groups in total. The third kappa shape index (κ3) is 2.02. The Kier molecular flexibility index (Phi) is 2.84. The molecule has 0 saturated carbocycles. The van der Waals surface area contributed by atoms with E-state index in [4.69, 9.17) is 0 Å². The largest absolute Gasteiger partial charge is 0.227 e. The molecule has 1 aromatic carbocycles. The van der Waals surface area contributed by atoms with Gasteiger partial charge in [-0.2, -0.15) is 0 Å². The van der Waals surface area contributed by atoms with Crippen molar-refractivity contribution in [1.29, 1.82) is 0 Å². The van der Waals surface area contributed by atoms with Crippen LogP contribution in [0.1, 0.15) is 12.0 Å². The van der Waals surface area contributed by atoms with Gasteiger partial charge in [-0.15, -0.1) is 23.5 Å². The summed E-state index contributed by atoms with van der Waals surface area (Å²) in [5, 5.41) is 0. The van der Waals surface area contributed by atoms with Gasteiger partial charge in [0.25, 0.3) is 0 Å². The van der Waals surface area contributed by atoms with Crippen molar-refractivity contribution in [2.24, 2.45) is 0 Å². The number of thioether (sulfide) groups is 2. The summed E-state index contributed by atoms with van der Waals surface area (Å²) in [6.07, 6.45) is 1.12. The van der Waals surface area contributed by atoms with Crippen LogP contribution in [-0.4, -0.2) is 11.5 Å². The molecule has 3 heteroatoms. The summed E-state index contributed by atoms with van der Waals surface area (Å²) in [4.78, 5) is 0. The Morgan fingerprint density at radius 3 is 2.31 bits per heavy atom. The highest BCUT2D eigenvalue weighted by Gasteiger charge is 2.35. The first-order valence-electron chi connectivity index (χ1n) is 4.34. The van der Waals surface area contributed by atoms with E-state index in [9.17, 15) is 4.39 Å². The first-order chi connectivity index (χ1) is 6.31. The molecule has 0 spiro atoms. The first-order valence-corrected chi connectivity index (χ1v) is 6.31. The van der Waals surface area contributed by atoms with E-state index in [1.165, 1.54) is 23.5 Å². The normalized spacial score (nSPS) is 21.3. The van der Waals surface area contributed by atoms with E-state index in [0.29, 0.717) is 0 Å². The van der Waals surface area contributed by atoms with E-state index in [1.54, 1.807) is 0 Å². The lowest BCUT2D eigenvalue weighted by atomic mass is 10.2. The molecule has 0 atom stereocenters. The smallest absolute Gasteiger partial charge is 0.214 e. The molecule has 70 valence electrons. The van der Waals surface area contributed by atoms with Crippen LogP contribution < -0.4 is 0 Å². The molecule has 0 nitrogen and oxygen atoms in total. The zero-order chi connectivity index (χ0) is 9.15. The summed E-state index contributed by atoms with van der Waals surface area (Å²) in [5.74, 6) is 1.86. The fraction of sp³-hybridized carbons (Fsp3) is 0.400. The lowest BCUT2D eigenvalue weighted by molar-refractivity contribution is 0.422. The predicted molar refractivity (Wildman–Crippen MR) is 58.8 cm³/mol. The SMILES string of the molecule is FC1(c2ccccc2)SCCCS1. The van der Waals surface area contributed by atoms with Crippen LogP contribution in [0.25, 0.3) is 0 Å². The number of rotatable bonds is 1. The number of hydrogen-bond acceptors (Lipinski definition) is 2. The molecule has 0 unspecified atom stereocenters. The lowest BCUT2D eigenvalue weighted by Crippen LogP contribution is -2.16. The summed E-state index contributed by atoms with van der Waals surface area (Å²) in [5.41, 5.74) is 0.796. The molecule has 1 aliphatic rings. The minimum Gasteiger partial charge on any atom is -0.214 e. The zero-order valence-electron chi connectivity index (χ0n) is 7.20. The number of hydrogen-bond donors (Lipinski definition) is 0. The molecule has 1 heterocycles. The molecule has 2 rings (SSSR count). The van der Waals surface area contributed by atoms with Gasteiger partial charge in [-0.1, -0.05) is 30.3 Å². The monoisotopic (exact) mass is 214 g/mol. The molecule has 0 aromatic heterocycles. The standard InChI is InChI=1S/C10H11FS2/c11-10(12-7-4-8-13-10)9-5-2-1-3-6-9/h1-3,5-6H,4,7-8H2. The van der Waals surface area contributed by atoms with Gasteiger partial charge in [-0.25, -0.2) is 4.39 Å². The van der Waals surface area contributed by atoms with Crippen LogP contribution in [0, 0.1) is 0 Å². The molecule has 1 saturated heterocycles. The Balaban J connectivity index is 2.23. The van der Waals surface area contributed by atoms with Gasteiger partial charge in [-0.3, -0.25) is 0 Å². The third-order valence-corrected chi connectivity index (χ3v) is 4.89. The predicted octanol–water partition coefficient (Wildman–Crippen LogP) is 3.64. The molecule has 1 aliphatic heterocycles. The van der Waals surface area contributed by atoms with Gasteiger partial charge in [0.1, 0.15) is 0 Å². The van der Waals surface area contributed by atoms with Gasteiger partial charge in [0.2, 0.25) is 4.33 Å². The summed E-state index contributed by atoms with van der Waals surface area (Å²) < 4.78 is 13.0. The maximum atomic E-state index is 14.2. The van der Waals surface area contributed by atoms with Gasteiger partial charge < -0.3 is 0 Å². The highest BCUT2D eigenvalue weighted by molar-refractivity contribution is 8.17. The van der Waals surface area contributed by atoms with E-state index in [1.807, 2.05) is 30.3 Å². The Labute approximate surface area is 86.3 Å². The van der Waals surface area contributed by atoms with Crippen LogP contribution in [0.5, 0.6) is 0 Å². The van der Waals surface area contributed by atoms with Crippen molar-refractivity contribution >= 4 is 23.5 Å². The van der Waals surface area contributed by atoms with Crippen molar-refractivity contribution in [1.82, 2.24) is 0 Å². The van der Waals surface area contributed by atoms with Gasteiger partial charge in [0.05, 0.1) is 0 Å². The van der Waals surface area contributed by atoms with E-state index < -0.39 is 4.33 Å². The van der Waals surface area contributed by atoms with E-state index in [-0.39, 0.29) is 0 Å². The van der Waals surface area contributed by atoms with Crippen molar-refractivity contribution in [3.63, 3.8) is 0 Å².